The predicted molar refractivity (Wildman–Crippen MR) is 107 cm³/mol. The lowest BCUT2D eigenvalue weighted by Crippen LogP contribution is -2.28. The lowest BCUT2D eigenvalue weighted by Gasteiger charge is -2.20. The van der Waals surface area contributed by atoms with Gasteiger partial charge in [0.15, 0.2) is 11.3 Å². The molecular weight excluding hydrogens is 344 g/mol. The highest BCUT2D eigenvalue weighted by molar-refractivity contribution is 8.14. The van der Waals surface area contributed by atoms with E-state index in [9.17, 15) is 0 Å². The van der Waals surface area contributed by atoms with Gasteiger partial charge in [0.2, 0.25) is 0 Å². The number of allylic oxidation sites excluding steroid dienone is 1. The summed E-state index contributed by atoms with van der Waals surface area (Å²) in [5.74, 6) is 0.941. The summed E-state index contributed by atoms with van der Waals surface area (Å²) >= 11 is 1.68. The topological polar surface area (TPSA) is 64.9 Å². The van der Waals surface area contributed by atoms with Crippen molar-refractivity contribution in [3.8, 4) is 0 Å². The summed E-state index contributed by atoms with van der Waals surface area (Å²) in [6.07, 6.45) is 7.57. The zero-order valence-electron chi connectivity index (χ0n) is 13.8. The number of aromatic nitrogens is 1. The molecule has 0 aliphatic carbocycles. The summed E-state index contributed by atoms with van der Waals surface area (Å²) < 4.78 is 0. The Balaban J connectivity index is 1.43. The molecule has 1 aromatic carbocycles. The lowest BCUT2D eigenvalue weighted by atomic mass is 10.1. The highest BCUT2D eigenvalue weighted by Crippen LogP contribution is 2.32. The van der Waals surface area contributed by atoms with Crippen LogP contribution in [-0.2, 0) is 0 Å². The molecule has 0 spiro atoms. The van der Waals surface area contributed by atoms with Crippen LogP contribution in [0.1, 0.15) is 11.1 Å². The number of benzene rings is 1. The number of nitrogens with zero attached hydrogens (tertiary/aromatic N) is 4. The van der Waals surface area contributed by atoms with Crippen molar-refractivity contribution < 1.29 is 0 Å². The van der Waals surface area contributed by atoms with Crippen LogP contribution >= 0.6 is 11.8 Å². The van der Waals surface area contributed by atoms with Crippen molar-refractivity contribution in [1.29, 1.82) is 0 Å². The highest BCUT2D eigenvalue weighted by Gasteiger charge is 2.25. The van der Waals surface area contributed by atoms with Crippen LogP contribution in [-0.4, -0.2) is 33.8 Å². The maximum Gasteiger partial charge on any atom is 0.172 e. The van der Waals surface area contributed by atoms with Crippen molar-refractivity contribution in [3.05, 3.63) is 71.9 Å². The van der Waals surface area contributed by atoms with E-state index >= 15 is 0 Å². The Labute approximate surface area is 155 Å². The molecule has 1 atom stereocenters. The van der Waals surface area contributed by atoms with Crippen LogP contribution in [0.2, 0.25) is 0 Å². The van der Waals surface area contributed by atoms with Gasteiger partial charge >= 0.3 is 0 Å². The van der Waals surface area contributed by atoms with E-state index in [4.69, 9.17) is 4.99 Å². The molecule has 3 aliphatic rings. The molecule has 5 rings (SSSR count). The van der Waals surface area contributed by atoms with E-state index in [0.29, 0.717) is 0 Å². The monoisotopic (exact) mass is 360 g/mol. The smallest absolute Gasteiger partial charge is 0.172 e. The average Bonchev–Trinajstić information content (AvgIpc) is 3.09. The number of anilines is 1. The summed E-state index contributed by atoms with van der Waals surface area (Å²) in [4.78, 5) is 13.0. The van der Waals surface area contributed by atoms with Gasteiger partial charge in [-0.1, -0.05) is 23.9 Å². The quantitative estimate of drug-likeness (QED) is 0.877. The number of hydrazine groups is 1. The summed E-state index contributed by atoms with van der Waals surface area (Å²) in [5, 5.41) is 5.39. The second kappa shape index (κ2) is 6.44. The summed E-state index contributed by atoms with van der Waals surface area (Å²) in [6.45, 7) is 0.743. The van der Waals surface area contributed by atoms with Crippen LogP contribution < -0.4 is 10.7 Å². The highest BCUT2D eigenvalue weighted by atomic mass is 32.2. The predicted octanol–water partition coefficient (Wildman–Crippen LogP) is 3.17. The molecule has 0 saturated heterocycles. The van der Waals surface area contributed by atoms with Gasteiger partial charge in [-0.2, -0.15) is 0 Å². The van der Waals surface area contributed by atoms with Crippen LogP contribution in [0.15, 0.2) is 70.8 Å². The van der Waals surface area contributed by atoms with E-state index in [0.717, 1.165) is 34.8 Å². The third-order valence-corrected chi connectivity index (χ3v) is 5.16. The van der Waals surface area contributed by atoms with Crippen LogP contribution in [0.5, 0.6) is 0 Å². The molecule has 0 saturated carbocycles. The molecule has 2 N–H and O–H groups in total. The fourth-order valence-electron chi connectivity index (χ4n) is 3.07. The average molecular weight is 360 g/mol. The molecule has 1 aromatic heterocycles. The van der Waals surface area contributed by atoms with Gasteiger partial charge in [-0.3, -0.25) is 15.0 Å². The molecule has 0 radical (unpaired) electrons. The van der Waals surface area contributed by atoms with Crippen LogP contribution in [0.4, 0.5) is 5.69 Å². The summed E-state index contributed by atoms with van der Waals surface area (Å²) in [6, 6.07) is 12.4. The van der Waals surface area contributed by atoms with Crippen molar-refractivity contribution in [3.63, 3.8) is 0 Å². The third kappa shape index (κ3) is 2.81. The van der Waals surface area contributed by atoms with E-state index in [1.807, 2.05) is 28.9 Å². The molecule has 0 bridgehead atoms. The van der Waals surface area contributed by atoms with Crippen molar-refractivity contribution in [2.45, 2.75) is 5.50 Å². The maximum atomic E-state index is 4.71. The Kier molecular flexibility index (Phi) is 3.80. The lowest BCUT2D eigenvalue weighted by molar-refractivity contribution is 0.385. The molecule has 3 aliphatic heterocycles. The standard InChI is InChI=1S/C19H16N6S/c1-2-14(8-16(3-1)24-19-22-12-26-19)17-10-23-25-11-15(9-21-18(17)25)13-4-6-20-7-5-13/h1-9,11-12,19,23-24H,10H2. The van der Waals surface area contributed by atoms with Crippen molar-refractivity contribution in [2.24, 2.45) is 9.98 Å². The molecule has 128 valence electrons. The summed E-state index contributed by atoms with van der Waals surface area (Å²) in [5.41, 5.74) is 10.9. The van der Waals surface area contributed by atoms with E-state index in [1.165, 1.54) is 5.57 Å². The van der Waals surface area contributed by atoms with Crippen molar-refractivity contribution >= 4 is 40.4 Å². The first-order chi connectivity index (χ1) is 12.9. The minimum atomic E-state index is 0.125. The second-order valence-electron chi connectivity index (χ2n) is 6.05. The van der Waals surface area contributed by atoms with Crippen molar-refractivity contribution in [1.82, 2.24) is 15.4 Å². The number of thioether (sulfide) groups is 1. The zero-order chi connectivity index (χ0) is 17.3. The number of aliphatic imine (C=N–C) groups is 2. The number of rotatable bonds is 4. The molecule has 7 heteroatoms. The molecule has 26 heavy (non-hydrogen) atoms. The Bertz CT molecular complexity index is 963. The Hall–Kier alpha value is -2.90. The number of nitrogens with one attached hydrogen (secondary N) is 2. The van der Waals surface area contributed by atoms with E-state index in [1.54, 1.807) is 24.2 Å². The number of hydrogen-bond donors (Lipinski definition) is 2. The van der Waals surface area contributed by atoms with Crippen LogP contribution in [0.3, 0.4) is 0 Å². The van der Waals surface area contributed by atoms with E-state index < -0.39 is 0 Å². The minimum absolute atomic E-state index is 0.125. The molecule has 0 fully saturated rings. The van der Waals surface area contributed by atoms with E-state index in [-0.39, 0.29) is 5.50 Å². The SMILES string of the molecule is C1=NC2=C(c3cccc(NC4N=CS4)c3)CNN2C=C1c1ccncc1. The largest absolute Gasteiger partial charge is 0.355 e. The van der Waals surface area contributed by atoms with Gasteiger partial charge in [-0.15, -0.1) is 0 Å². The summed E-state index contributed by atoms with van der Waals surface area (Å²) in [7, 11) is 0. The fraction of sp³-hybridized carbons (Fsp3) is 0.105. The number of pyridine rings is 1. The molecule has 6 nitrogen and oxygen atoms in total. The zero-order valence-corrected chi connectivity index (χ0v) is 14.6. The van der Waals surface area contributed by atoms with Crippen molar-refractivity contribution in [2.75, 3.05) is 11.9 Å². The second-order valence-corrected chi connectivity index (χ2v) is 6.98. The molecule has 2 aromatic rings. The van der Waals surface area contributed by atoms with Gasteiger partial charge < -0.3 is 5.32 Å². The van der Waals surface area contributed by atoms with Gasteiger partial charge in [0.05, 0.1) is 5.55 Å². The van der Waals surface area contributed by atoms with Gasteiger partial charge in [0, 0.05) is 48.2 Å². The first-order valence-corrected chi connectivity index (χ1v) is 9.27. The van der Waals surface area contributed by atoms with Crippen LogP contribution in [0, 0.1) is 0 Å². The Morgan fingerprint density at radius 1 is 1.15 bits per heavy atom. The van der Waals surface area contributed by atoms with Gasteiger partial charge in [-0.25, -0.2) is 10.4 Å². The fourth-order valence-corrected chi connectivity index (χ4v) is 3.52. The normalized spacial score (nSPS) is 20.7. The maximum absolute atomic E-state index is 4.71. The van der Waals surface area contributed by atoms with Gasteiger partial charge in [0.25, 0.3) is 0 Å². The Morgan fingerprint density at radius 3 is 2.85 bits per heavy atom. The molecule has 1 unspecified atom stereocenters. The molecule has 4 heterocycles. The first kappa shape index (κ1) is 15.4. The number of fused-ring (bicyclic) bond motifs is 1. The minimum Gasteiger partial charge on any atom is -0.355 e. The first-order valence-electron chi connectivity index (χ1n) is 8.33. The number of hydrogen-bond acceptors (Lipinski definition) is 7. The third-order valence-electron chi connectivity index (χ3n) is 4.42. The van der Waals surface area contributed by atoms with E-state index in [2.05, 4.69) is 51.2 Å². The van der Waals surface area contributed by atoms with Gasteiger partial charge in [0.1, 0.15) is 0 Å². The van der Waals surface area contributed by atoms with Crippen LogP contribution in [0.25, 0.3) is 11.1 Å². The Morgan fingerprint density at radius 2 is 2.04 bits per heavy atom. The van der Waals surface area contributed by atoms with Gasteiger partial charge in [-0.05, 0) is 35.4 Å². The molecule has 0 amide bonds. The molecular formula is C19H16N6S.